The van der Waals surface area contributed by atoms with Crippen molar-refractivity contribution in [3.8, 4) is 0 Å². The predicted molar refractivity (Wildman–Crippen MR) is 75.2 cm³/mol. The Kier molecular flexibility index (Phi) is 3.09. The first-order valence-electron chi connectivity index (χ1n) is 6.03. The minimum absolute atomic E-state index is 0.788. The third-order valence-corrected chi connectivity index (χ3v) is 4.99. The molecule has 3 rings (SSSR count). The zero-order valence-corrected chi connectivity index (χ0v) is 12.2. The van der Waals surface area contributed by atoms with Crippen LogP contribution in [-0.4, -0.2) is 25.8 Å². The largest absolute Gasteiger partial charge is 0.307 e. The SMILES string of the molecule is Cc1nn(CN2CCc3sccc3C2)c(=S)n1C. The topological polar surface area (TPSA) is 26.0 Å². The Hall–Kier alpha value is -0.980. The summed E-state index contributed by atoms with van der Waals surface area (Å²) < 4.78 is 4.67. The van der Waals surface area contributed by atoms with Crippen molar-refractivity contribution < 1.29 is 0 Å². The number of hydrogen-bond donors (Lipinski definition) is 0. The molecular formula is C12H16N4S2. The Morgan fingerprint density at radius 1 is 1.50 bits per heavy atom. The summed E-state index contributed by atoms with van der Waals surface area (Å²) in [5, 5.41) is 6.67. The molecule has 4 nitrogen and oxygen atoms in total. The fourth-order valence-electron chi connectivity index (χ4n) is 2.31. The Morgan fingerprint density at radius 2 is 2.33 bits per heavy atom. The van der Waals surface area contributed by atoms with Crippen LogP contribution in [0.1, 0.15) is 16.3 Å². The highest BCUT2D eigenvalue weighted by Gasteiger charge is 2.18. The van der Waals surface area contributed by atoms with E-state index in [1.807, 2.05) is 34.6 Å². The minimum atomic E-state index is 0.788. The lowest BCUT2D eigenvalue weighted by Crippen LogP contribution is -2.32. The van der Waals surface area contributed by atoms with E-state index in [1.165, 1.54) is 10.4 Å². The van der Waals surface area contributed by atoms with Gasteiger partial charge >= 0.3 is 0 Å². The summed E-state index contributed by atoms with van der Waals surface area (Å²) in [7, 11) is 1.97. The van der Waals surface area contributed by atoms with Crippen molar-refractivity contribution in [1.29, 1.82) is 0 Å². The van der Waals surface area contributed by atoms with Crippen LogP contribution in [-0.2, 0) is 26.7 Å². The third kappa shape index (κ3) is 2.04. The van der Waals surface area contributed by atoms with Crippen LogP contribution >= 0.6 is 23.6 Å². The molecule has 0 spiro atoms. The first-order valence-corrected chi connectivity index (χ1v) is 7.32. The molecule has 0 fully saturated rings. The molecule has 2 aromatic heterocycles. The number of fused-ring (bicyclic) bond motifs is 1. The van der Waals surface area contributed by atoms with Crippen molar-refractivity contribution in [2.75, 3.05) is 6.54 Å². The summed E-state index contributed by atoms with van der Waals surface area (Å²) in [5.74, 6) is 0.966. The van der Waals surface area contributed by atoms with Crippen molar-refractivity contribution in [3.63, 3.8) is 0 Å². The average molecular weight is 280 g/mol. The van der Waals surface area contributed by atoms with Crippen LogP contribution in [0, 0.1) is 11.7 Å². The monoisotopic (exact) mass is 280 g/mol. The molecule has 0 radical (unpaired) electrons. The van der Waals surface area contributed by atoms with Crippen LogP contribution in [0.4, 0.5) is 0 Å². The van der Waals surface area contributed by atoms with Crippen LogP contribution in [0.15, 0.2) is 11.4 Å². The lowest BCUT2D eigenvalue weighted by atomic mass is 10.1. The molecule has 6 heteroatoms. The number of nitrogens with zero attached hydrogens (tertiary/aromatic N) is 4. The normalized spacial score (nSPS) is 15.9. The molecule has 18 heavy (non-hydrogen) atoms. The number of thiophene rings is 1. The van der Waals surface area contributed by atoms with Gasteiger partial charge < -0.3 is 4.57 Å². The molecule has 3 heterocycles. The highest BCUT2D eigenvalue weighted by Crippen LogP contribution is 2.24. The summed E-state index contributed by atoms with van der Waals surface area (Å²) in [6.07, 6.45) is 1.14. The Labute approximate surface area is 115 Å². The van der Waals surface area contributed by atoms with E-state index >= 15 is 0 Å². The molecule has 96 valence electrons. The Balaban J connectivity index is 1.78. The van der Waals surface area contributed by atoms with Gasteiger partial charge in [0.1, 0.15) is 5.82 Å². The van der Waals surface area contributed by atoms with Gasteiger partial charge in [0.25, 0.3) is 0 Å². The third-order valence-electron chi connectivity index (χ3n) is 3.48. The van der Waals surface area contributed by atoms with E-state index in [1.54, 1.807) is 0 Å². The smallest absolute Gasteiger partial charge is 0.198 e. The van der Waals surface area contributed by atoms with E-state index < -0.39 is 0 Å². The Morgan fingerprint density at radius 3 is 3.06 bits per heavy atom. The van der Waals surface area contributed by atoms with E-state index in [0.29, 0.717) is 0 Å². The maximum Gasteiger partial charge on any atom is 0.198 e. The summed E-state index contributed by atoms with van der Waals surface area (Å²) >= 11 is 7.25. The number of hydrogen-bond acceptors (Lipinski definition) is 4. The number of aryl methyl sites for hydroxylation is 1. The van der Waals surface area contributed by atoms with Crippen molar-refractivity contribution in [2.24, 2.45) is 7.05 Å². The van der Waals surface area contributed by atoms with Gasteiger partial charge in [-0.1, -0.05) is 0 Å². The molecular weight excluding hydrogens is 264 g/mol. The molecule has 0 atom stereocenters. The van der Waals surface area contributed by atoms with Gasteiger partial charge in [0.15, 0.2) is 4.77 Å². The maximum atomic E-state index is 5.38. The predicted octanol–water partition coefficient (Wildman–Crippen LogP) is 2.34. The van der Waals surface area contributed by atoms with Gasteiger partial charge in [0, 0.05) is 25.0 Å². The van der Waals surface area contributed by atoms with E-state index in [2.05, 4.69) is 21.4 Å². The zero-order chi connectivity index (χ0) is 12.7. The first-order chi connectivity index (χ1) is 8.65. The second-order valence-corrected chi connectivity index (χ2v) is 6.07. The summed E-state index contributed by atoms with van der Waals surface area (Å²) in [4.78, 5) is 3.93. The van der Waals surface area contributed by atoms with Gasteiger partial charge in [-0.05, 0) is 42.6 Å². The van der Waals surface area contributed by atoms with E-state index in [-0.39, 0.29) is 0 Å². The highest BCUT2D eigenvalue weighted by atomic mass is 32.1. The molecule has 0 aliphatic carbocycles. The summed E-state index contributed by atoms with van der Waals surface area (Å²) in [6, 6.07) is 2.23. The second-order valence-electron chi connectivity index (χ2n) is 4.70. The van der Waals surface area contributed by atoms with Crippen LogP contribution in [0.5, 0.6) is 0 Å². The lowest BCUT2D eigenvalue weighted by molar-refractivity contribution is 0.189. The molecule has 0 unspecified atom stereocenters. The number of rotatable bonds is 2. The fourth-order valence-corrected chi connectivity index (χ4v) is 3.43. The number of aromatic nitrogens is 3. The van der Waals surface area contributed by atoms with Crippen molar-refractivity contribution in [1.82, 2.24) is 19.2 Å². The fraction of sp³-hybridized carbons (Fsp3) is 0.500. The first kappa shape index (κ1) is 12.1. The van der Waals surface area contributed by atoms with E-state index in [4.69, 9.17) is 12.2 Å². The Bertz CT molecular complexity index is 622. The van der Waals surface area contributed by atoms with Gasteiger partial charge in [0.05, 0.1) is 6.67 Å². The van der Waals surface area contributed by atoms with E-state index in [9.17, 15) is 0 Å². The van der Waals surface area contributed by atoms with Crippen molar-refractivity contribution >= 4 is 23.6 Å². The van der Waals surface area contributed by atoms with Gasteiger partial charge in [-0.15, -0.1) is 11.3 Å². The van der Waals surface area contributed by atoms with Crippen LogP contribution in [0.3, 0.4) is 0 Å². The minimum Gasteiger partial charge on any atom is -0.307 e. The molecule has 0 saturated carbocycles. The quantitative estimate of drug-likeness (QED) is 0.790. The van der Waals surface area contributed by atoms with Gasteiger partial charge in [0.2, 0.25) is 0 Å². The summed E-state index contributed by atoms with van der Waals surface area (Å²) in [5.41, 5.74) is 1.46. The molecule has 0 amide bonds. The zero-order valence-electron chi connectivity index (χ0n) is 10.6. The van der Waals surface area contributed by atoms with Crippen LogP contribution < -0.4 is 0 Å². The highest BCUT2D eigenvalue weighted by molar-refractivity contribution is 7.71. The van der Waals surface area contributed by atoms with Crippen molar-refractivity contribution in [3.05, 3.63) is 32.5 Å². The standard InChI is InChI=1S/C12H16N4S2/c1-9-13-16(12(17)14(9)2)8-15-5-3-11-10(7-15)4-6-18-11/h4,6H,3,5,7-8H2,1-2H3. The molecule has 0 N–H and O–H groups in total. The molecule has 0 saturated heterocycles. The van der Waals surface area contributed by atoms with Crippen LogP contribution in [0.2, 0.25) is 0 Å². The lowest BCUT2D eigenvalue weighted by Gasteiger charge is -2.26. The van der Waals surface area contributed by atoms with Gasteiger partial charge in [-0.2, -0.15) is 5.10 Å². The summed E-state index contributed by atoms with van der Waals surface area (Å²) in [6.45, 7) is 4.87. The molecule has 0 aromatic carbocycles. The average Bonchev–Trinajstić information content (AvgIpc) is 2.91. The molecule has 1 aliphatic heterocycles. The second kappa shape index (κ2) is 4.60. The molecule has 0 bridgehead atoms. The van der Waals surface area contributed by atoms with Gasteiger partial charge in [-0.3, -0.25) is 4.90 Å². The van der Waals surface area contributed by atoms with Crippen LogP contribution in [0.25, 0.3) is 0 Å². The van der Waals surface area contributed by atoms with E-state index in [0.717, 1.165) is 36.8 Å². The molecule has 1 aliphatic rings. The van der Waals surface area contributed by atoms with Crippen molar-refractivity contribution in [2.45, 2.75) is 26.6 Å². The maximum absolute atomic E-state index is 5.38. The molecule has 2 aromatic rings. The van der Waals surface area contributed by atoms with Gasteiger partial charge in [-0.25, -0.2) is 4.68 Å².